The van der Waals surface area contributed by atoms with Crippen LogP contribution < -0.4 is 10.5 Å². The lowest BCUT2D eigenvalue weighted by atomic mass is 10.2. The molecule has 1 aromatic rings. The SMILES string of the molecule is CC.CC1CCCN1C(=O)CCCCOc1ccccc1.NC=O. The van der Waals surface area contributed by atoms with Crippen LogP contribution in [0.2, 0.25) is 0 Å². The van der Waals surface area contributed by atoms with E-state index in [9.17, 15) is 4.79 Å². The second-order valence-electron chi connectivity index (χ2n) is 5.33. The minimum atomic E-state index is 0.250. The molecule has 24 heavy (non-hydrogen) atoms. The van der Waals surface area contributed by atoms with Gasteiger partial charge in [0.25, 0.3) is 0 Å². The molecule has 1 aliphatic rings. The van der Waals surface area contributed by atoms with E-state index in [1.54, 1.807) is 0 Å². The van der Waals surface area contributed by atoms with E-state index in [-0.39, 0.29) is 6.41 Å². The van der Waals surface area contributed by atoms with Crippen molar-refractivity contribution in [1.29, 1.82) is 0 Å². The fourth-order valence-corrected chi connectivity index (χ4v) is 2.53. The number of hydrogen-bond acceptors (Lipinski definition) is 3. The molecule has 0 bridgehead atoms. The summed E-state index contributed by atoms with van der Waals surface area (Å²) in [5.74, 6) is 1.21. The summed E-state index contributed by atoms with van der Waals surface area (Å²) in [6.07, 6.45) is 5.06. The molecule has 0 saturated carbocycles. The summed E-state index contributed by atoms with van der Waals surface area (Å²) in [6, 6.07) is 10.3. The van der Waals surface area contributed by atoms with Crippen LogP contribution in [-0.2, 0) is 9.59 Å². The zero-order chi connectivity index (χ0) is 18.2. The number of likely N-dealkylation sites (tertiary alicyclic amines) is 1. The summed E-state index contributed by atoms with van der Waals surface area (Å²) in [7, 11) is 0. The molecule has 1 aromatic carbocycles. The molecule has 1 aliphatic heterocycles. The van der Waals surface area contributed by atoms with E-state index < -0.39 is 0 Å². The van der Waals surface area contributed by atoms with Gasteiger partial charge in [0.05, 0.1) is 6.61 Å². The first-order chi connectivity index (χ1) is 11.7. The monoisotopic (exact) mass is 336 g/mol. The number of nitrogens with two attached hydrogens (primary N) is 1. The number of para-hydroxylation sites is 1. The van der Waals surface area contributed by atoms with Gasteiger partial charge in [0.2, 0.25) is 12.3 Å². The highest BCUT2D eigenvalue weighted by molar-refractivity contribution is 5.76. The van der Waals surface area contributed by atoms with E-state index in [1.165, 1.54) is 0 Å². The molecule has 2 amide bonds. The van der Waals surface area contributed by atoms with Gasteiger partial charge in [-0.2, -0.15) is 0 Å². The van der Waals surface area contributed by atoms with Crippen molar-refractivity contribution >= 4 is 12.3 Å². The molecule has 1 saturated heterocycles. The average molecular weight is 336 g/mol. The van der Waals surface area contributed by atoms with Crippen LogP contribution in [0, 0.1) is 0 Å². The van der Waals surface area contributed by atoms with Gasteiger partial charge in [-0.05, 0) is 44.7 Å². The summed E-state index contributed by atoms with van der Waals surface area (Å²) < 4.78 is 5.61. The third-order valence-electron chi connectivity index (χ3n) is 3.67. The van der Waals surface area contributed by atoms with Gasteiger partial charge in [-0.3, -0.25) is 9.59 Å². The topological polar surface area (TPSA) is 72.6 Å². The van der Waals surface area contributed by atoms with E-state index >= 15 is 0 Å². The number of nitrogens with zero attached hydrogens (tertiary/aromatic N) is 1. The minimum absolute atomic E-state index is 0.250. The predicted molar refractivity (Wildman–Crippen MR) is 97.8 cm³/mol. The van der Waals surface area contributed by atoms with Crippen molar-refractivity contribution in [1.82, 2.24) is 4.90 Å². The number of amides is 2. The molecular formula is C19H32N2O3. The van der Waals surface area contributed by atoms with E-state index in [4.69, 9.17) is 9.53 Å². The number of carbonyl (C=O) groups is 2. The summed E-state index contributed by atoms with van der Waals surface area (Å²) in [6.45, 7) is 7.77. The third-order valence-corrected chi connectivity index (χ3v) is 3.67. The van der Waals surface area contributed by atoms with Crippen LogP contribution in [0.4, 0.5) is 0 Å². The van der Waals surface area contributed by atoms with Crippen LogP contribution in [-0.4, -0.2) is 36.4 Å². The first kappa shape index (κ1) is 22.0. The van der Waals surface area contributed by atoms with Gasteiger partial charge < -0.3 is 15.4 Å². The second-order valence-corrected chi connectivity index (χ2v) is 5.33. The standard InChI is InChI=1S/C16H23NO2.C2H6.CH3NO/c1-14-8-7-12-17(14)16(18)11-5-6-13-19-15-9-3-2-4-10-15;1-2;2-1-3/h2-4,9-10,14H,5-8,11-13H2,1H3;1-2H3;1H,(H2,2,3). The maximum atomic E-state index is 12.0. The number of ether oxygens (including phenoxy) is 1. The lowest BCUT2D eigenvalue weighted by Crippen LogP contribution is -2.33. The summed E-state index contributed by atoms with van der Waals surface area (Å²) >= 11 is 0. The Labute approximate surface area is 146 Å². The first-order valence-electron chi connectivity index (χ1n) is 8.81. The summed E-state index contributed by atoms with van der Waals surface area (Å²) in [5.41, 5.74) is 4.17. The van der Waals surface area contributed by atoms with Crippen LogP contribution in [0.3, 0.4) is 0 Å². The molecule has 0 aromatic heterocycles. The van der Waals surface area contributed by atoms with Crippen LogP contribution in [0.5, 0.6) is 5.75 Å². The van der Waals surface area contributed by atoms with E-state index in [2.05, 4.69) is 12.7 Å². The fourth-order valence-electron chi connectivity index (χ4n) is 2.53. The second kappa shape index (κ2) is 14.5. The Kier molecular flexibility index (Phi) is 13.3. The molecule has 0 radical (unpaired) electrons. The van der Waals surface area contributed by atoms with Gasteiger partial charge in [-0.1, -0.05) is 32.0 Å². The third kappa shape index (κ3) is 9.18. The molecule has 0 aliphatic carbocycles. The number of benzene rings is 1. The van der Waals surface area contributed by atoms with Crippen LogP contribution in [0.1, 0.15) is 52.9 Å². The first-order valence-corrected chi connectivity index (χ1v) is 8.81. The van der Waals surface area contributed by atoms with E-state index in [0.717, 1.165) is 38.0 Å². The van der Waals surface area contributed by atoms with Crippen molar-refractivity contribution < 1.29 is 14.3 Å². The van der Waals surface area contributed by atoms with E-state index in [0.29, 0.717) is 25.0 Å². The fraction of sp³-hybridized carbons (Fsp3) is 0.579. The smallest absolute Gasteiger partial charge is 0.222 e. The zero-order valence-corrected chi connectivity index (χ0v) is 15.2. The van der Waals surface area contributed by atoms with Crippen molar-refractivity contribution in [2.24, 2.45) is 5.73 Å². The lowest BCUT2D eigenvalue weighted by molar-refractivity contribution is -0.131. The largest absolute Gasteiger partial charge is 0.494 e. The molecule has 0 spiro atoms. The highest BCUT2D eigenvalue weighted by Gasteiger charge is 2.24. The summed E-state index contributed by atoms with van der Waals surface area (Å²) in [4.78, 5) is 22.6. The van der Waals surface area contributed by atoms with Gasteiger partial charge in [-0.25, -0.2) is 0 Å². The Morgan fingerprint density at radius 1 is 1.29 bits per heavy atom. The number of hydrogen-bond donors (Lipinski definition) is 1. The molecular weight excluding hydrogens is 304 g/mol. The van der Waals surface area contributed by atoms with Crippen molar-refractivity contribution in [2.45, 2.75) is 58.9 Å². The molecule has 1 fully saturated rings. The minimum Gasteiger partial charge on any atom is -0.494 e. The molecule has 136 valence electrons. The van der Waals surface area contributed by atoms with Gasteiger partial charge in [0, 0.05) is 19.0 Å². The zero-order valence-electron chi connectivity index (χ0n) is 15.2. The molecule has 5 heteroatoms. The summed E-state index contributed by atoms with van der Waals surface area (Å²) in [5, 5.41) is 0. The lowest BCUT2D eigenvalue weighted by Gasteiger charge is -2.21. The molecule has 5 nitrogen and oxygen atoms in total. The van der Waals surface area contributed by atoms with Gasteiger partial charge in [0.15, 0.2) is 0 Å². The van der Waals surface area contributed by atoms with Crippen molar-refractivity contribution in [2.75, 3.05) is 13.2 Å². The van der Waals surface area contributed by atoms with Crippen LogP contribution in [0.25, 0.3) is 0 Å². The van der Waals surface area contributed by atoms with Gasteiger partial charge in [-0.15, -0.1) is 0 Å². The van der Waals surface area contributed by atoms with Crippen LogP contribution >= 0.6 is 0 Å². The Hall–Kier alpha value is -2.04. The maximum Gasteiger partial charge on any atom is 0.222 e. The van der Waals surface area contributed by atoms with Crippen molar-refractivity contribution in [3.05, 3.63) is 30.3 Å². The molecule has 2 rings (SSSR count). The normalized spacial score (nSPS) is 15.5. The number of rotatable bonds is 6. The number of carbonyl (C=O) groups excluding carboxylic acids is 2. The van der Waals surface area contributed by atoms with Crippen LogP contribution in [0.15, 0.2) is 30.3 Å². The Morgan fingerprint density at radius 3 is 2.46 bits per heavy atom. The molecule has 1 atom stereocenters. The Morgan fingerprint density at radius 2 is 1.92 bits per heavy atom. The highest BCUT2D eigenvalue weighted by atomic mass is 16.5. The quantitative estimate of drug-likeness (QED) is 0.639. The number of primary amides is 1. The van der Waals surface area contributed by atoms with Crippen molar-refractivity contribution in [3.8, 4) is 5.75 Å². The number of unbranched alkanes of at least 4 members (excludes halogenated alkanes) is 1. The predicted octanol–water partition coefficient (Wildman–Crippen LogP) is 3.37. The highest BCUT2D eigenvalue weighted by Crippen LogP contribution is 2.18. The Balaban J connectivity index is 0.000000952. The van der Waals surface area contributed by atoms with E-state index in [1.807, 2.05) is 49.1 Å². The molecule has 1 heterocycles. The average Bonchev–Trinajstić information content (AvgIpc) is 3.04. The maximum absolute atomic E-state index is 12.0. The Bertz CT molecular complexity index is 437. The molecule has 2 N–H and O–H groups in total. The molecule has 1 unspecified atom stereocenters. The van der Waals surface area contributed by atoms with Gasteiger partial charge in [0.1, 0.15) is 5.75 Å². The van der Waals surface area contributed by atoms with Gasteiger partial charge >= 0.3 is 0 Å². The van der Waals surface area contributed by atoms with Crippen molar-refractivity contribution in [3.63, 3.8) is 0 Å².